The first kappa shape index (κ1) is 12.9. The zero-order chi connectivity index (χ0) is 12.7. The maximum absolute atomic E-state index is 10.5. The zero-order valence-electron chi connectivity index (χ0n) is 11.3. The Morgan fingerprint density at radius 1 is 1.41 bits per heavy atom. The summed E-state index contributed by atoms with van der Waals surface area (Å²) in [5.74, 6) is 0.163. The van der Waals surface area contributed by atoms with Crippen LogP contribution >= 0.6 is 0 Å². The SMILES string of the molecule is CC1(C)C2CCC1(C)C(NCCCC(=O)O)C2. The highest BCUT2D eigenvalue weighted by Gasteiger charge is 2.60. The van der Waals surface area contributed by atoms with Crippen molar-refractivity contribution in [1.29, 1.82) is 0 Å². The molecule has 0 aromatic carbocycles. The fraction of sp³-hybridized carbons (Fsp3) is 0.929. The van der Waals surface area contributed by atoms with E-state index >= 15 is 0 Å². The van der Waals surface area contributed by atoms with Crippen molar-refractivity contribution in [3.63, 3.8) is 0 Å². The first-order valence-corrected chi connectivity index (χ1v) is 6.83. The van der Waals surface area contributed by atoms with E-state index in [0.717, 1.165) is 18.9 Å². The van der Waals surface area contributed by atoms with Crippen molar-refractivity contribution in [2.45, 2.75) is 58.9 Å². The fourth-order valence-electron chi connectivity index (χ4n) is 4.03. The number of hydrogen-bond donors (Lipinski definition) is 2. The van der Waals surface area contributed by atoms with Gasteiger partial charge in [-0.2, -0.15) is 0 Å². The van der Waals surface area contributed by atoms with Crippen molar-refractivity contribution in [2.24, 2.45) is 16.7 Å². The van der Waals surface area contributed by atoms with Crippen LogP contribution in [0.3, 0.4) is 0 Å². The van der Waals surface area contributed by atoms with E-state index in [1.807, 2.05) is 0 Å². The molecule has 3 atom stereocenters. The highest BCUT2D eigenvalue weighted by molar-refractivity contribution is 5.66. The highest BCUT2D eigenvalue weighted by Crippen LogP contribution is 2.65. The molecule has 3 nitrogen and oxygen atoms in total. The van der Waals surface area contributed by atoms with Crippen molar-refractivity contribution in [3.8, 4) is 0 Å². The Morgan fingerprint density at radius 2 is 2.12 bits per heavy atom. The number of rotatable bonds is 5. The zero-order valence-corrected chi connectivity index (χ0v) is 11.3. The third-order valence-electron chi connectivity index (χ3n) is 5.75. The Morgan fingerprint density at radius 3 is 2.59 bits per heavy atom. The minimum Gasteiger partial charge on any atom is -0.481 e. The lowest BCUT2D eigenvalue weighted by atomic mass is 9.69. The molecule has 2 rings (SSSR count). The van der Waals surface area contributed by atoms with E-state index in [-0.39, 0.29) is 6.42 Å². The molecule has 0 aromatic heterocycles. The first-order valence-electron chi connectivity index (χ1n) is 6.83. The standard InChI is InChI=1S/C14H25NO2/c1-13(2)10-6-7-14(13,3)11(9-10)15-8-4-5-12(16)17/h10-11,15H,4-9H2,1-3H3,(H,16,17). The summed E-state index contributed by atoms with van der Waals surface area (Å²) in [6.45, 7) is 8.07. The Labute approximate surface area is 104 Å². The molecule has 98 valence electrons. The molecule has 2 aliphatic rings. The third kappa shape index (κ3) is 1.99. The molecule has 0 radical (unpaired) electrons. The van der Waals surface area contributed by atoms with Gasteiger partial charge in [-0.25, -0.2) is 0 Å². The molecule has 17 heavy (non-hydrogen) atoms. The molecule has 2 saturated carbocycles. The summed E-state index contributed by atoms with van der Waals surface area (Å²) >= 11 is 0. The molecule has 2 bridgehead atoms. The molecule has 0 heterocycles. The number of fused-ring (bicyclic) bond motifs is 2. The molecule has 0 aliphatic heterocycles. The average molecular weight is 239 g/mol. The lowest BCUT2D eigenvalue weighted by Crippen LogP contribution is -2.44. The summed E-state index contributed by atoms with van der Waals surface area (Å²) < 4.78 is 0. The summed E-state index contributed by atoms with van der Waals surface area (Å²) in [6.07, 6.45) is 4.99. The Bertz CT molecular complexity index is 313. The van der Waals surface area contributed by atoms with E-state index < -0.39 is 5.97 Å². The molecular formula is C14H25NO2. The smallest absolute Gasteiger partial charge is 0.303 e. The van der Waals surface area contributed by atoms with Crippen LogP contribution in [0.5, 0.6) is 0 Å². The molecule has 0 saturated heterocycles. The third-order valence-corrected chi connectivity index (χ3v) is 5.75. The number of aliphatic carboxylic acids is 1. The predicted molar refractivity (Wildman–Crippen MR) is 67.9 cm³/mol. The van der Waals surface area contributed by atoms with Crippen LogP contribution in [0, 0.1) is 16.7 Å². The van der Waals surface area contributed by atoms with Gasteiger partial charge in [-0.1, -0.05) is 20.8 Å². The summed E-state index contributed by atoms with van der Waals surface area (Å²) in [7, 11) is 0. The molecule has 0 aromatic rings. The minimum absolute atomic E-state index is 0.281. The van der Waals surface area contributed by atoms with Gasteiger partial charge in [0.2, 0.25) is 0 Å². The molecule has 3 heteroatoms. The monoisotopic (exact) mass is 239 g/mol. The second-order valence-corrected chi connectivity index (χ2v) is 6.61. The van der Waals surface area contributed by atoms with Crippen LogP contribution in [0.1, 0.15) is 52.9 Å². The minimum atomic E-state index is -0.689. The number of hydrogen-bond acceptors (Lipinski definition) is 2. The van der Waals surface area contributed by atoms with Gasteiger partial charge in [-0.15, -0.1) is 0 Å². The van der Waals surface area contributed by atoms with Crippen molar-refractivity contribution >= 4 is 5.97 Å². The van der Waals surface area contributed by atoms with Gasteiger partial charge in [0, 0.05) is 12.5 Å². The van der Waals surface area contributed by atoms with Crippen molar-refractivity contribution in [2.75, 3.05) is 6.54 Å². The van der Waals surface area contributed by atoms with Gasteiger partial charge in [-0.05, 0) is 49.0 Å². The van der Waals surface area contributed by atoms with E-state index in [2.05, 4.69) is 26.1 Å². The second-order valence-electron chi connectivity index (χ2n) is 6.61. The molecule has 2 aliphatic carbocycles. The van der Waals surface area contributed by atoms with Gasteiger partial charge in [0.25, 0.3) is 0 Å². The average Bonchev–Trinajstić information content (AvgIpc) is 2.56. The largest absolute Gasteiger partial charge is 0.481 e. The predicted octanol–water partition coefficient (Wildman–Crippen LogP) is 2.66. The maximum Gasteiger partial charge on any atom is 0.303 e. The molecule has 2 N–H and O–H groups in total. The van der Waals surface area contributed by atoms with Gasteiger partial charge in [0.1, 0.15) is 0 Å². The number of nitrogens with one attached hydrogen (secondary N) is 1. The van der Waals surface area contributed by atoms with Crippen molar-refractivity contribution in [3.05, 3.63) is 0 Å². The van der Waals surface area contributed by atoms with E-state index in [1.54, 1.807) is 0 Å². The molecular weight excluding hydrogens is 214 g/mol. The van der Waals surface area contributed by atoms with Gasteiger partial charge in [-0.3, -0.25) is 4.79 Å². The number of carbonyl (C=O) groups is 1. The van der Waals surface area contributed by atoms with E-state index in [9.17, 15) is 4.79 Å². The molecule has 2 fully saturated rings. The van der Waals surface area contributed by atoms with Crippen molar-refractivity contribution in [1.82, 2.24) is 5.32 Å². The van der Waals surface area contributed by atoms with E-state index in [1.165, 1.54) is 19.3 Å². The molecule has 0 amide bonds. The summed E-state index contributed by atoms with van der Waals surface area (Å²) in [6, 6.07) is 0.588. The van der Waals surface area contributed by atoms with E-state index in [0.29, 0.717) is 16.9 Å². The number of carboxylic acid groups (broad SMARTS) is 1. The van der Waals surface area contributed by atoms with Gasteiger partial charge in [0.05, 0.1) is 0 Å². The van der Waals surface area contributed by atoms with Crippen LogP contribution < -0.4 is 5.32 Å². The molecule has 0 spiro atoms. The van der Waals surface area contributed by atoms with Crippen LogP contribution in [0.4, 0.5) is 0 Å². The first-order chi connectivity index (χ1) is 7.88. The fourth-order valence-corrected chi connectivity index (χ4v) is 4.03. The van der Waals surface area contributed by atoms with Crippen LogP contribution in [0.15, 0.2) is 0 Å². The van der Waals surface area contributed by atoms with E-state index in [4.69, 9.17) is 5.11 Å². The Hall–Kier alpha value is -0.570. The Balaban J connectivity index is 1.86. The normalized spacial score (nSPS) is 38.5. The van der Waals surface area contributed by atoms with Crippen LogP contribution in [-0.2, 0) is 4.79 Å². The van der Waals surface area contributed by atoms with Gasteiger partial charge in [0.15, 0.2) is 0 Å². The van der Waals surface area contributed by atoms with Gasteiger partial charge < -0.3 is 10.4 Å². The summed E-state index contributed by atoms with van der Waals surface area (Å²) in [4.78, 5) is 10.5. The topological polar surface area (TPSA) is 49.3 Å². The van der Waals surface area contributed by atoms with Gasteiger partial charge >= 0.3 is 5.97 Å². The quantitative estimate of drug-likeness (QED) is 0.725. The second kappa shape index (κ2) is 4.27. The van der Waals surface area contributed by atoms with Crippen LogP contribution in [0.25, 0.3) is 0 Å². The Kier molecular flexibility index (Phi) is 3.23. The highest BCUT2D eigenvalue weighted by atomic mass is 16.4. The molecule has 3 unspecified atom stereocenters. The van der Waals surface area contributed by atoms with Crippen LogP contribution in [0.2, 0.25) is 0 Å². The summed E-state index contributed by atoms with van der Waals surface area (Å²) in [5.41, 5.74) is 0.846. The number of carboxylic acids is 1. The lowest BCUT2D eigenvalue weighted by molar-refractivity contribution is -0.137. The lowest BCUT2D eigenvalue weighted by Gasteiger charge is -2.39. The summed E-state index contributed by atoms with van der Waals surface area (Å²) in [5, 5.41) is 12.2. The maximum atomic E-state index is 10.5. The van der Waals surface area contributed by atoms with Crippen LogP contribution in [-0.4, -0.2) is 23.7 Å². The van der Waals surface area contributed by atoms with Crippen molar-refractivity contribution < 1.29 is 9.90 Å².